The van der Waals surface area contributed by atoms with Crippen molar-refractivity contribution in [2.24, 2.45) is 0 Å². The molecule has 0 amide bonds. The summed E-state index contributed by atoms with van der Waals surface area (Å²) in [6.45, 7) is 0.0405. The Hall–Kier alpha value is -0.610. The van der Waals surface area contributed by atoms with Crippen LogP contribution in [0.15, 0.2) is 16.7 Å². The van der Waals surface area contributed by atoms with Crippen LogP contribution in [0.1, 0.15) is 44.1 Å². The molecule has 0 aliphatic heterocycles. The average Bonchev–Trinajstić information content (AvgIpc) is 2.66. The fourth-order valence-corrected chi connectivity index (χ4v) is 3.10. The van der Waals surface area contributed by atoms with Crippen molar-refractivity contribution < 1.29 is 5.11 Å². The molecule has 0 saturated heterocycles. The fraction of sp³-hybridized carbons (Fsp3) is 0.643. The van der Waals surface area contributed by atoms with Crippen molar-refractivity contribution in [3.63, 3.8) is 0 Å². The van der Waals surface area contributed by atoms with Gasteiger partial charge in [-0.1, -0.05) is 25.7 Å². The molecule has 0 unspecified atom stereocenters. The van der Waals surface area contributed by atoms with Crippen molar-refractivity contribution >= 4 is 21.7 Å². The number of rotatable bonds is 3. The topological polar surface area (TPSA) is 36.4 Å². The van der Waals surface area contributed by atoms with Crippen LogP contribution in [0, 0.1) is 0 Å². The molecule has 1 aromatic rings. The molecular weight excluding hydrogens is 292 g/mol. The van der Waals surface area contributed by atoms with Gasteiger partial charge in [-0.05, 0) is 34.8 Å². The minimum absolute atomic E-state index is 0.0405. The summed E-state index contributed by atoms with van der Waals surface area (Å²) in [5.41, 5.74) is 0.899. The van der Waals surface area contributed by atoms with Gasteiger partial charge in [-0.3, -0.25) is 0 Å². The van der Waals surface area contributed by atoms with Crippen LogP contribution in [0.2, 0.25) is 0 Å². The second-order valence-electron chi connectivity index (χ2n) is 5.05. The van der Waals surface area contributed by atoms with Crippen molar-refractivity contribution in [3.05, 3.63) is 22.3 Å². The zero-order valence-corrected chi connectivity index (χ0v) is 12.5. The molecule has 1 aliphatic carbocycles. The van der Waals surface area contributed by atoms with Crippen LogP contribution in [0.4, 0.5) is 5.82 Å². The maximum atomic E-state index is 9.46. The van der Waals surface area contributed by atoms with Gasteiger partial charge in [0.2, 0.25) is 0 Å². The minimum Gasteiger partial charge on any atom is -0.392 e. The van der Waals surface area contributed by atoms with Crippen LogP contribution in [0.5, 0.6) is 0 Å². The summed E-state index contributed by atoms with van der Waals surface area (Å²) in [4.78, 5) is 6.73. The second kappa shape index (κ2) is 6.53. The maximum absolute atomic E-state index is 9.46. The molecule has 1 aromatic heterocycles. The van der Waals surface area contributed by atoms with E-state index >= 15 is 0 Å². The number of halogens is 1. The lowest BCUT2D eigenvalue weighted by molar-refractivity contribution is 0.281. The molecule has 0 radical (unpaired) electrons. The largest absolute Gasteiger partial charge is 0.392 e. The summed E-state index contributed by atoms with van der Waals surface area (Å²) in [6.07, 6.45) is 9.59. The summed E-state index contributed by atoms with van der Waals surface area (Å²) >= 11 is 3.40. The molecule has 0 bridgehead atoms. The Morgan fingerprint density at radius 2 is 2.00 bits per heavy atom. The van der Waals surface area contributed by atoms with Crippen LogP contribution in [-0.4, -0.2) is 23.2 Å². The fourth-order valence-electron chi connectivity index (χ4n) is 2.73. The molecule has 18 heavy (non-hydrogen) atoms. The third kappa shape index (κ3) is 3.23. The van der Waals surface area contributed by atoms with Gasteiger partial charge in [0.05, 0.1) is 6.61 Å². The number of aliphatic hydroxyl groups is 1. The Morgan fingerprint density at radius 1 is 1.33 bits per heavy atom. The minimum atomic E-state index is 0.0405. The number of aromatic nitrogens is 1. The van der Waals surface area contributed by atoms with Crippen molar-refractivity contribution in [3.8, 4) is 0 Å². The highest BCUT2D eigenvalue weighted by Gasteiger charge is 2.20. The predicted octanol–water partition coefficient (Wildman–Crippen LogP) is 3.50. The van der Waals surface area contributed by atoms with Crippen molar-refractivity contribution in [1.29, 1.82) is 0 Å². The van der Waals surface area contributed by atoms with Gasteiger partial charge >= 0.3 is 0 Å². The number of pyridine rings is 1. The first-order valence-corrected chi connectivity index (χ1v) is 7.50. The number of anilines is 1. The Bertz CT molecular complexity index is 389. The van der Waals surface area contributed by atoms with E-state index in [2.05, 4.69) is 32.9 Å². The van der Waals surface area contributed by atoms with Crippen LogP contribution in [0.25, 0.3) is 0 Å². The molecule has 0 spiro atoms. The van der Waals surface area contributed by atoms with Gasteiger partial charge in [-0.25, -0.2) is 4.98 Å². The lowest BCUT2D eigenvalue weighted by Gasteiger charge is -2.29. The summed E-state index contributed by atoms with van der Waals surface area (Å²) in [5.74, 6) is 0.924. The van der Waals surface area contributed by atoms with Crippen molar-refractivity contribution in [2.75, 3.05) is 11.9 Å². The zero-order chi connectivity index (χ0) is 13.0. The highest BCUT2D eigenvalue weighted by atomic mass is 79.9. The van der Waals surface area contributed by atoms with Crippen LogP contribution < -0.4 is 4.90 Å². The Morgan fingerprint density at radius 3 is 2.61 bits per heavy atom. The molecular formula is C14H21BrN2O. The first kappa shape index (κ1) is 13.8. The molecule has 100 valence electrons. The highest BCUT2D eigenvalue weighted by molar-refractivity contribution is 9.10. The highest BCUT2D eigenvalue weighted by Crippen LogP contribution is 2.27. The van der Waals surface area contributed by atoms with Crippen LogP contribution in [-0.2, 0) is 6.61 Å². The van der Waals surface area contributed by atoms with Crippen molar-refractivity contribution in [2.45, 2.75) is 51.2 Å². The molecule has 4 heteroatoms. The Kier molecular flexibility index (Phi) is 5.01. The van der Waals surface area contributed by atoms with E-state index in [0.29, 0.717) is 6.04 Å². The zero-order valence-electron chi connectivity index (χ0n) is 10.9. The van der Waals surface area contributed by atoms with Gasteiger partial charge < -0.3 is 10.0 Å². The van der Waals surface area contributed by atoms with E-state index in [1.165, 1.54) is 38.5 Å². The first-order valence-electron chi connectivity index (χ1n) is 6.70. The van der Waals surface area contributed by atoms with Gasteiger partial charge in [-0.15, -0.1) is 0 Å². The number of hydrogen-bond acceptors (Lipinski definition) is 3. The standard InChI is InChI=1S/C14H21BrN2O/c1-17(13-6-4-2-3-5-7-13)14-11(10-18)8-12(15)9-16-14/h8-9,13,18H,2-7,10H2,1H3. The third-order valence-electron chi connectivity index (χ3n) is 3.79. The molecule has 3 nitrogen and oxygen atoms in total. The van der Waals surface area contributed by atoms with Gasteiger partial charge in [0.1, 0.15) is 5.82 Å². The normalized spacial score (nSPS) is 17.5. The van der Waals surface area contributed by atoms with Gasteiger partial charge in [0.15, 0.2) is 0 Å². The lowest BCUT2D eigenvalue weighted by atomic mass is 10.1. The SMILES string of the molecule is CN(c1ncc(Br)cc1CO)C1CCCCCC1. The molecule has 1 aliphatic rings. The quantitative estimate of drug-likeness (QED) is 0.868. The number of aliphatic hydroxyl groups excluding tert-OH is 1. The molecule has 0 aromatic carbocycles. The smallest absolute Gasteiger partial charge is 0.134 e. The molecule has 2 rings (SSSR count). The average molecular weight is 313 g/mol. The molecule has 1 fully saturated rings. The van der Waals surface area contributed by atoms with E-state index in [1.807, 2.05) is 12.3 Å². The van der Waals surface area contributed by atoms with E-state index < -0.39 is 0 Å². The third-order valence-corrected chi connectivity index (χ3v) is 4.22. The van der Waals surface area contributed by atoms with Gasteiger partial charge in [-0.2, -0.15) is 0 Å². The van der Waals surface area contributed by atoms with Crippen molar-refractivity contribution in [1.82, 2.24) is 4.98 Å². The second-order valence-corrected chi connectivity index (χ2v) is 5.97. The lowest BCUT2D eigenvalue weighted by Crippen LogP contribution is -2.32. The molecule has 0 atom stereocenters. The Balaban J connectivity index is 2.18. The first-order chi connectivity index (χ1) is 8.72. The summed E-state index contributed by atoms with van der Waals surface area (Å²) in [7, 11) is 2.10. The van der Waals surface area contributed by atoms with Gasteiger partial charge in [0, 0.05) is 29.3 Å². The van der Waals surface area contributed by atoms with Crippen LogP contribution in [0.3, 0.4) is 0 Å². The van der Waals surface area contributed by atoms with E-state index in [-0.39, 0.29) is 6.61 Å². The van der Waals surface area contributed by atoms with E-state index in [1.54, 1.807) is 0 Å². The number of nitrogens with zero attached hydrogens (tertiary/aromatic N) is 2. The van der Waals surface area contributed by atoms with E-state index in [4.69, 9.17) is 0 Å². The Labute approximate surface area is 117 Å². The van der Waals surface area contributed by atoms with Crippen LogP contribution >= 0.6 is 15.9 Å². The summed E-state index contributed by atoms with van der Waals surface area (Å²) in [5, 5.41) is 9.46. The predicted molar refractivity (Wildman–Crippen MR) is 77.8 cm³/mol. The monoisotopic (exact) mass is 312 g/mol. The molecule has 1 N–H and O–H groups in total. The summed E-state index contributed by atoms with van der Waals surface area (Å²) in [6, 6.07) is 2.52. The number of hydrogen-bond donors (Lipinski definition) is 1. The van der Waals surface area contributed by atoms with Gasteiger partial charge in [0.25, 0.3) is 0 Å². The molecule has 1 heterocycles. The van der Waals surface area contributed by atoms with E-state index in [9.17, 15) is 5.11 Å². The molecule has 1 saturated carbocycles. The summed E-state index contributed by atoms with van der Waals surface area (Å²) < 4.78 is 0.921. The maximum Gasteiger partial charge on any atom is 0.134 e. The van der Waals surface area contributed by atoms with E-state index in [0.717, 1.165) is 15.9 Å².